The molecule has 19 heavy (non-hydrogen) atoms. The van der Waals surface area contributed by atoms with E-state index in [0.29, 0.717) is 12.1 Å². The molecule has 0 aliphatic heterocycles. The number of hydrogen-bond donors (Lipinski definition) is 1. The molecule has 0 amide bonds. The molecule has 2 heteroatoms. The Kier molecular flexibility index (Phi) is 10.6. The molecule has 1 unspecified atom stereocenters. The maximum atomic E-state index is 3.52. The van der Waals surface area contributed by atoms with Crippen molar-refractivity contribution in [3.8, 4) is 0 Å². The standard InChI is InChI=1S/C17H38N2/c1-8-17(9-2)19(13-14(3)4)16(7)11-10-12-18-15(5)6/h14-18H,8-13H2,1-7H3. The van der Waals surface area contributed by atoms with Crippen molar-refractivity contribution in [1.29, 1.82) is 0 Å². The summed E-state index contributed by atoms with van der Waals surface area (Å²) in [4.78, 5) is 2.75. The highest BCUT2D eigenvalue weighted by Gasteiger charge is 2.21. The quantitative estimate of drug-likeness (QED) is 0.563. The smallest absolute Gasteiger partial charge is 0.00929 e. The minimum Gasteiger partial charge on any atom is -0.315 e. The van der Waals surface area contributed by atoms with Crippen molar-refractivity contribution >= 4 is 0 Å². The molecule has 0 spiro atoms. The third kappa shape index (κ3) is 8.65. The molecule has 1 atom stereocenters. The first kappa shape index (κ1) is 18.9. The van der Waals surface area contributed by atoms with Crippen LogP contribution in [-0.4, -0.2) is 36.1 Å². The fraction of sp³-hybridized carbons (Fsp3) is 1.00. The summed E-state index contributed by atoms with van der Waals surface area (Å²) in [6, 6.07) is 2.08. The van der Waals surface area contributed by atoms with E-state index in [1.165, 1.54) is 32.2 Å². The van der Waals surface area contributed by atoms with Crippen LogP contribution in [0.25, 0.3) is 0 Å². The summed E-state index contributed by atoms with van der Waals surface area (Å²) >= 11 is 0. The Balaban J connectivity index is 4.25. The number of hydrogen-bond acceptors (Lipinski definition) is 2. The summed E-state index contributed by atoms with van der Waals surface area (Å²) < 4.78 is 0. The zero-order chi connectivity index (χ0) is 14.8. The summed E-state index contributed by atoms with van der Waals surface area (Å²) in [7, 11) is 0. The zero-order valence-corrected chi connectivity index (χ0v) is 14.5. The average molecular weight is 271 g/mol. The highest BCUT2D eigenvalue weighted by atomic mass is 15.2. The molecular weight excluding hydrogens is 232 g/mol. The van der Waals surface area contributed by atoms with Gasteiger partial charge in [0.05, 0.1) is 0 Å². The number of rotatable bonds is 11. The molecule has 0 rings (SSSR count). The van der Waals surface area contributed by atoms with Gasteiger partial charge in [-0.25, -0.2) is 0 Å². The van der Waals surface area contributed by atoms with Crippen molar-refractivity contribution < 1.29 is 0 Å². The first-order chi connectivity index (χ1) is 8.92. The lowest BCUT2D eigenvalue weighted by molar-refractivity contribution is 0.111. The largest absolute Gasteiger partial charge is 0.315 e. The monoisotopic (exact) mass is 270 g/mol. The molecule has 0 fully saturated rings. The van der Waals surface area contributed by atoms with Gasteiger partial charge in [-0.1, -0.05) is 41.5 Å². The Morgan fingerprint density at radius 2 is 1.53 bits per heavy atom. The third-order valence-electron chi connectivity index (χ3n) is 3.90. The minimum absolute atomic E-state index is 0.612. The van der Waals surface area contributed by atoms with Crippen molar-refractivity contribution in [2.45, 2.75) is 92.3 Å². The molecule has 0 saturated heterocycles. The summed E-state index contributed by atoms with van der Waals surface area (Å²) in [6.45, 7) is 18.6. The van der Waals surface area contributed by atoms with Gasteiger partial charge in [-0.3, -0.25) is 4.90 Å². The van der Waals surface area contributed by atoms with Gasteiger partial charge in [-0.05, 0) is 45.1 Å². The predicted octanol–water partition coefficient (Wildman–Crippen LogP) is 4.30. The van der Waals surface area contributed by atoms with Gasteiger partial charge in [-0.2, -0.15) is 0 Å². The van der Waals surface area contributed by atoms with Crippen LogP contribution in [0, 0.1) is 5.92 Å². The van der Waals surface area contributed by atoms with E-state index < -0.39 is 0 Å². The van der Waals surface area contributed by atoms with Gasteiger partial charge in [0.1, 0.15) is 0 Å². The second-order valence-electron chi connectivity index (χ2n) is 6.66. The molecule has 0 aromatic carbocycles. The minimum atomic E-state index is 0.612. The molecule has 0 aliphatic rings. The molecule has 0 bridgehead atoms. The predicted molar refractivity (Wildman–Crippen MR) is 87.7 cm³/mol. The molecule has 2 nitrogen and oxygen atoms in total. The first-order valence-corrected chi connectivity index (χ1v) is 8.41. The van der Waals surface area contributed by atoms with Gasteiger partial charge in [0.25, 0.3) is 0 Å². The summed E-state index contributed by atoms with van der Waals surface area (Å²) in [5.41, 5.74) is 0. The van der Waals surface area contributed by atoms with Crippen LogP contribution in [0.3, 0.4) is 0 Å². The van der Waals surface area contributed by atoms with Crippen LogP contribution in [0.15, 0.2) is 0 Å². The zero-order valence-electron chi connectivity index (χ0n) is 14.5. The normalized spacial score (nSPS) is 14.1. The summed E-state index contributed by atoms with van der Waals surface area (Å²) in [6.07, 6.45) is 5.15. The molecule has 1 N–H and O–H groups in total. The maximum Gasteiger partial charge on any atom is 0.00929 e. The second kappa shape index (κ2) is 10.7. The Morgan fingerprint density at radius 1 is 0.947 bits per heavy atom. The molecule has 0 aliphatic carbocycles. The molecule has 0 aromatic rings. The maximum absolute atomic E-state index is 3.52. The molecule has 0 aromatic heterocycles. The molecule has 116 valence electrons. The van der Waals surface area contributed by atoms with Gasteiger partial charge in [0.2, 0.25) is 0 Å². The highest BCUT2D eigenvalue weighted by molar-refractivity contribution is 4.76. The van der Waals surface area contributed by atoms with E-state index >= 15 is 0 Å². The van der Waals surface area contributed by atoms with Crippen LogP contribution < -0.4 is 5.32 Å². The fourth-order valence-corrected chi connectivity index (χ4v) is 2.82. The second-order valence-corrected chi connectivity index (χ2v) is 6.66. The Morgan fingerprint density at radius 3 is 1.95 bits per heavy atom. The van der Waals surface area contributed by atoms with Crippen LogP contribution in [0.5, 0.6) is 0 Å². The first-order valence-electron chi connectivity index (χ1n) is 8.41. The molecule has 0 radical (unpaired) electrons. The molecular formula is C17H38N2. The molecule has 0 saturated carbocycles. The van der Waals surface area contributed by atoms with E-state index in [9.17, 15) is 0 Å². The van der Waals surface area contributed by atoms with E-state index in [-0.39, 0.29) is 0 Å². The summed E-state index contributed by atoms with van der Waals surface area (Å²) in [5, 5.41) is 3.52. The number of nitrogens with one attached hydrogen (secondary N) is 1. The third-order valence-corrected chi connectivity index (χ3v) is 3.90. The summed E-state index contributed by atoms with van der Waals surface area (Å²) in [5.74, 6) is 0.761. The lowest BCUT2D eigenvalue weighted by atomic mass is 10.0. The van der Waals surface area contributed by atoms with Crippen LogP contribution in [-0.2, 0) is 0 Å². The molecule has 0 heterocycles. The van der Waals surface area contributed by atoms with Gasteiger partial charge in [0.15, 0.2) is 0 Å². The van der Waals surface area contributed by atoms with Crippen LogP contribution in [0.4, 0.5) is 0 Å². The SMILES string of the molecule is CCC(CC)N(CC(C)C)C(C)CCCNC(C)C. The van der Waals surface area contributed by atoms with Crippen molar-refractivity contribution in [1.82, 2.24) is 10.2 Å². The van der Waals surface area contributed by atoms with Gasteiger partial charge < -0.3 is 5.32 Å². The number of nitrogens with zero attached hydrogens (tertiary/aromatic N) is 1. The Hall–Kier alpha value is -0.0800. The van der Waals surface area contributed by atoms with E-state index in [0.717, 1.165) is 18.5 Å². The lowest BCUT2D eigenvalue weighted by Crippen LogP contribution is -2.43. The topological polar surface area (TPSA) is 15.3 Å². The Bertz CT molecular complexity index is 197. The van der Waals surface area contributed by atoms with E-state index in [4.69, 9.17) is 0 Å². The lowest BCUT2D eigenvalue weighted by Gasteiger charge is -2.37. The highest BCUT2D eigenvalue weighted by Crippen LogP contribution is 2.18. The van der Waals surface area contributed by atoms with E-state index in [2.05, 4.69) is 58.7 Å². The fourth-order valence-electron chi connectivity index (χ4n) is 2.82. The van der Waals surface area contributed by atoms with Gasteiger partial charge in [-0.15, -0.1) is 0 Å². The van der Waals surface area contributed by atoms with Crippen molar-refractivity contribution in [2.75, 3.05) is 13.1 Å². The Labute approximate surface area is 122 Å². The average Bonchev–Trinajstić information content (AvgIpc) is 2.34. The van der Waals surface area contributed by atoms with Gasteiger partial charge in [0, 0.05) is 24.7 Å². The van der Waals surface area contributed by atoms with Crippen LogP contribution in [0.1, 0.15) is 74.1 Å². The van der Waals surface area contributed by atoms with Crippen molar-refractivity contribution in [3.05, 3.63) is 0 Å². The van der Waals surface area contributed by atoms with E-state index in [1.54, 1.807) is 0 Å². The van der Waals surface area contributed by atoms with Crippen LogP contribution in [0.2, 0.25) is 0 Å². The van der Waals surface area contributed by atoms with Crippen molar-refractivity contribution in [3.63, 3.8) is 0 Å². The van der Waals surface area contributed by atoms with Gasteiger partial charge >= 0.3 is 0 Å². The van der Waals surface area contributed by atoms with E-state index in [1.807, 2.05) is 0 Å². The van der Waals surface area contributed by atoms with Crippen LogP contribution >= 0.6 is 0 Å². The van der Waals surface area contributed by atoms with Crippen molar-refractivity contribution in [2.24, 2.45) is 5.92 Å².